The number of rotatable bonds is 7. The molecule has 35 heavy (non-hydrogen) atoms. The fourth-order valence-corrected chi connectivity index (χ4v) is 5.67. The number of likely N-dealkylation sites (tertiary alicyclic amines) is 1. The number of fused-ring (bicyclic) bond motifs is 1. The summed E-state index contributed by atoms with van der Waals surface area (Å²) < 4.78 is 10.4. The van der Waals surface area contributed by atoms with Crippen LogP contribution in [0.3, 0.4) is 0 Å². The molecule has 4 fully saturated rings. The number of esters is 1. The van der Waals surface area contributed by atoms with Gasteiger partial charge in [0.1, 0.15) is 23.7 Å². The molecule has 1 heterocycles. The monoisotopic (exact) mass is 491 g/mol. The molecular weight excluding hydrogens is 454 g/mol. The largest absolute Gasteiger partial charge is 0.467 e. The van der Waals surface area contributed by atoms with E-state index in [1.165, 1.54) is 18.4 Å². The van der Waals surface area contributed by atoms with Gasteiger partial charge >= 0.3 is 12.1 Å². The van der Waals surface area contributed by atoms with Crippen molar-refractivity contribution in [3.8, 4) is 0 Å². The number of aliphatic hydroxyl groups excluding tert-OH is 1. The fraction of sp³-hybridized carbons (Fsp3) is 0.760. The van der Waals surface area contributed by atoms with E-state index < -0.39 is 53.0 Å². The summed E-state index contributed by atoms with van der Waals surface area (Å²) >= 11 is 0. The van der Waals surface area contributed by atoms with E-state index >= 15 is 0 Å². The standard InChI is InChI=1S/C25H37N3O7/c1-6-15-11-25(15,22(32)34-5)27-20(30)18-10-16(29)12-28(18)21(31)19(24(2,3)4)26-23(33)35-17-8-13-7-14(13)9-17/h6,13-19,29H,1,7-12H2,2-5H3,(H,26,33)(H,27,30)/t13-,14+,15-,16+,17+,18+,19-,25?/m1/s1. The topological polar surface area (TPSA) is 134 Å². The number of amides is 3. The minimum absolute atomic E-state index is 0.0275. The van der Waals surface area contributed by atoms with Gasteiger partial charge in [0, 0.05) is 18.9 Å². The second-order valence-corrected chi connectivity index (χ2v) is 11.6. The number of nitrogens with zero attached hydrogens (tertiary/aromatic N) is 1. The van der Waals surface area contributed by atoms with Gasteiger partial charge in [-0.1, -0.05) is 26.8 Å². The van der Waals surface area contributed by atoms with Gasteiger partial charge in [0.15, 0.2) is 0 Å². The lowest BCUT2D eigenvalue weighted by molar-refractivity contribution is -0.148. The first-order valence-corrected chi connectivity index (χ1v) is 12.4. The smallest absolute Gasteiger partial charge is 0.408 e. The number of nitrogens with one attached hydrogen (secondary N) is 2. The molecule has 3 amide bonds. The van der Waals surface area contributed by atoms with Gasteiger partial charge in [0.2, 0.25) is 11.8 Å². The molecule has 10 heteroatoms. The van der Waals surface area contributed by atoms with Crippen molar-refractivity contribution < 1.29 is 33.8 Å². The number of aliphatic hydroxyl groups is 1. The maximum Gasteiger partial charge on any atom is 0.408 e. The molecule has 1 aliphatic heterocycles. The van der Waals surface area contributed by atoms with E-state index in [2.05, 4.69) is 17.2 Å². The van der Waals surface area contributed by atoms with Crippen LogP contribution < -0.4 is 10.6 Å². The molecule has 3 saturated carbocycles. The van der Waals surface area contributed by atoms with E-state index in [1.54, 1.807) is 6.08 Å². The van der Waals surface area contributed by atoms with Crippen molar-refractivity contribution in [3.05, 3.63) is 12.7 Å². The highest BCUT2D eigenvalue weighted by Crippen LogP contribution is 2.52. The minimum atomic E-state index is -1.21. The average Bonchev–Trinajstić information content (AvgIpc) is 3.60. The highest BCUT2D eigenvalue weighted by molar-refractivity contribution is 5.96. The Morgan fingerprint density at radius 3 is 2.34 bits per heavy atom. The summed E-state index contributed by atoms with van der Waals surface area (Å²) in [6.45, 7) is 9.09. The highest BCUT2D eigenvalue weighted by atomic mass is 16.6. The Morgan fingerprint density at radius 2 is 1.80 bits per heavy atom. The van der Waals surface area contributed by atoms with Crippen LogP contribution in [-0.4, -0.2) is 77.4 Å². The molecule has 3 N–H and O–H groups in total. The summed E-state index contributed by atoms with van der Waals surface area (Å²) in [6.07, 6.45) is 3.21. The molecular formula is C25H37N3O7. The van der Waals surface area contributed by atoms with E-state index in [-0.39, 0.29) is 25.0 Å². The molecule has 0 radical (unpaired) electrons. The molecule has 4 aliphatic rings. The number of methoxy groups -OCH3 is 1. The van der Waals surface area contributed by atoms with Crippen LogP contribution in [0.5, 0.6) is 0 Å². The predicted molar refractivity (Wildman–Crippen MR) is 125 cm³/mol. The van der Waals surface area contributed by atoms with Crippen LogP contribution in [0.1, 0.15) is 52.9 Å². The second kappa shape index (κ2) is 9.11. The third-order valence-electron chi connectivity index (χ3n) is 7.91. The van der Waals surface area contributed by atoms with Gasteiger partial charge in [-0.15, -0.1) is 6.58 Å². The maximum absolute atomic E-state index is 13.6. The zero-order valence-electron chi connectivity index (χ0n) is 20.9. The van der Waals surface area contributed by atoms with Crippen LogP contribution in [-0.2, 0) is 23.9 Å². The van der Waals surface area contributed by atoms with Crippen LogP contribution in [0.25, 0.3) is 0 Å². The number of carbonyl (C=O) groups excluding carboxylic acids is 4. The molecule has 4 rings (SSSR count). The normalized spacial score (nSPS) is 36.0. The summed E-state index contributed by atoms with van der Waals surface area (Å²) in [6, 6.07) is -1.96. The summed E-state index contributed by atoms with van der Waals surface area (Å²) in [5.74, 6) is -0.575. The summed E-state index contributed by atoms with van der Waals surface area (Å²) in [5, 5.41) is 15.8. The van der Waals surface area contributed by atoms with Crippen LogP contribution in [0.4, 0.5) is 4.79 Å². The third-order valence-corrected chi connectivity index (χ3v) is 7.91. The number of β-amino-alcohol motifs (C(OH)–C–C–N with tert-alkyl or cyclic N) is 1. The van der Waals surface area contributed by atoms with Gasteiger partial charge in [0.25, 0.3) is 0 Å². The van der Waals surface area contributed by atoms with E-state index in [0.717, 1.165) is 12.8 Å². The lowest BCUT2D eigenvalue weighted by atomic mass is 9.85. The predicted octanol–water partition coefficient (Wildman–Crippen LogP) is 1.12. The third kappa shape index (κ3) is 5.03. The number of hydrogen-bond donors (Lipinski definition) is 3. The van der Waals surface area contributed by atoms with E-state index in [4.69, 9.17) is 9.47 Å². The lowest BCUT2D eigenvalue weighted by Crippen LogP contribution is -2.59. The van der Waals surface area contributed by atoms with Gasteiger partial charge in [0.05, 0.1) is 13.2 Å². The molecule has 0 aromatic heterocycles. The Hall–Kier alpha value is -2.62. The molecule has 1 saturated heterocycles. The van der Waals surface area contributed by atoms with Gasteiger partial charge < -0.3 is 30.1 Å². The van der Waals surface area contributed by atoms with Crippen molar-refractivity contribution >= 4 is 23.9 Å². The molecule has 194 valence electrons. The van der Waals surface area contributed by atoms with Crippen molar-refractivity contribution in [2.45, 2.75) is 82.7 Å². The molecule has 3 aliphatic carbocycles. The molecule has 0 aromatic rings. The van der Waals surface area contributed by atoms with Crippen molar-refractivity contribution in [1.29, 1.82) is 0 Å². The number of alkyl carbamates (subject to hydrolysis) is 1. The van der Waals surface area contributed by atoms with Crippen LogP contribution >= 0.6 is 0 Å². The molecule has 0 bridgehead atoms. The van der Waals surface area contributed by atoms with Gasteiger partial charge in [-0.2, -0.15) is 0 Å². The first-order valence-electron chi connectivity index (χ1n) is 12.4. The lowest BCUT2D eigenvalue weighted by Gasteiger charge is -2.35. The van der Waals surface area contributed by atoms with Crippen molar-refractivity contribution in [3.63, 3.8) is 0 Å². The SMILES string of the molecule is C=C[C@@H]1CC1(NC(=O)[C@@H]1C[C@H](O)CN1C(=O)[C@@H](NC(=O)O[C@@H]1C[C@@H]2C[C@@H]2C1)C(C)(C)C)C(=O)OC. The molecule has 10 nitrogen and oxygen atoms in total. The van der Waals surface area contributed by atoms with Crippen LogP contribution in [0.15, 0.2) is 12.7 Å². The Balaban J connectivity index is 1.45. The van der Waals surface area contributed by atoms with E-state index in [0.29, 0.717) is 18.3 Å². The Morgan fingerprint density at radius 1 is 1.14 bits per heavy atom. The number of carbonyl (C=O) groups is 4. The Bertz CT molecular complexity index is 905. The maximum atomic E-state index is 13.6. The second-order valence-electron chi connectivity index (χ2n) is 11.6. The van der Waals surface area contributed by atoms with Crippen molar-refractivity contribution in [1.82, 2.24) is 15.5 Å². The molecule has 1 unspecified atom stereocenters. The summed E-state index contributed by atoms with van der Waals surface area (Å²) in [5.41, 5.74) is -1.89. The summed E-state index contributed by atoms with van der Waals surface area (Å²) in [7, 11) is 1.25. The van der Waals surface area contributed by atoms with Crippen LogP contribution in [0.2, 0.25) is 0 Å². The van der Waals surface area contributed by atoms with E-state index in [9.17, 15) is 24.3 Å². The van der Waals surface area contributed by atoms with E-state index in [1.807, 2.05) is 20.8 Å². The first kappa shape index (κ1) is 25.5. The zero-order valence-corrected chi connectivity index (χ0v) is 20.9. The highest BCUT2D eigenvalue weighted by Gasteiger charge is 2.62. The average molecular weight is 492 g/mol. The van der Waals surface area contributed by atoms with Gasteiger partial charge in [-0.25, -0.2) is 9.59 Å². The first-order chi connectivity index (χ1) is 16.4. The molecule has 8 atom stereocenters. The van der Waals surface area contributed by atoms with Crippen molar-refractivity contribution in [2.24, 2.45) is 23.2 Å². The zero-order chi connectivity index (χ0) is 25.7. The summed E-state index contributed by atoms with van der Waals surface area (Å²) in [4.78, 5) is 53.2. The Kier molecular flexibility index (Phi) is 6.63. The molecule has 0 aromatic carbocycles. The Labute approximate surface area is 205 Å². The van der Waals surface area contributed by atoms with Crippen LogP contribution in [0, 0.1) is 23.2 Å². The quantitative estimate of drug-likeness (QED) is 0.359. The molecule has 0 spiro atoms. The van der Waals surface area contributed by atoms with Gasteiger partial charge in [-0.05, 0) is 42.9 Å². The fourth-order valence-electron chi connectivity index (χ4n) is 5.67. The number of ether oxygens (including phenoxy) is 2. The van der Waals surface area contributed by atoms with Gasteiger partial charge in [-0.3, -0.25) is 9.59 Å². The minimum Gasteiger partial charge on any atom is -0.467 e. The number of hydrogen-bond acceptors (Lipinski definition) is 7. The van der Waals surface area contributed by atoms with Crippen molar-refractivity contribution in [2.75, 3.05) is 13.7 Å².